The Hall–Kier alpha value is -0.310. The van der Waals surface area contributed by atoms with Gasteiger partial charge in [0, 0.05) is 29.4 Å². The fourth-order valence-electron chi connectivity index (χ4n) is 2.65. The molecule has 0 spiro atoms. The second-order valence-electron chi connectivity index (χ2n) is 5.16. The molecular formula is C14H20Cl2N2. The Labute approximate surface area is 119 Å². The quantitative estimate of drug-likeness (QED) is 0.599. The van der Waals surface area contributed by atoms with Crippen LogP contribution >= 0.6 is 23.2 Å². The predicted octanol–water partition coefficient (Wildman–Crippen LogP) is 4.54. The van der Waals surface area contributed by atoms with Crippen molar-refractivity contribution >= 4 is 23.2 Å². The number of hydrogen-bond acceptors (Lipinski definition) is 2. The first-order valence-electron chi connectivity index (χ1n) is 6.67. The molecule has 4 heteroatoms. The Kier molecular flexibility index (Phi) is 5.28. The summed E-state index contributed by atoms with van der Waals surface area (Å²) in [6.45, 7) is 0.855. The van der Waals surface area contributed by atoms with Crippen molar-refractivity contribution in [2.45, 2.75) is 51.1 Å². The minimum atomic E-state index is 0.459. The number of aromatic nitrogens is 1. The molecule has 1 saturated carbocycles. The predicted molar refractivity (Wildman–Crippen MR) is 77.2 cm³/mol. The SMILES string of the molecule is CN(Cc1cnc(Cl)cc1Cl)C1CCCCCC1. The number of hydrogen-bond donors (Lipinski definition) is 0. The van der Waals surface area contributed by atoms with Crippen molar-refractivity contribution in [3.63, 3.8) is 0 Å². The Morgan fingerprint density at radius 1 is 1.22 bits per heavy atom. The van der Waals surface area contributed by atoms with E-state index >= 15 is 0 Å². The van der Waals surface area contributed by atoms with Crippen LogP contribution in [0.5, 0.6) is 0 Å². The van der Waals surface area contributed by atoms with Gasteiger partial charge in [0.25, 0.3) is 0 Å². The molecule has 0 atom stereocenters. The van der Waals surface area contributed by atoms with E-state index in [0.717, 1.165) is 17.1 Å². The van der Waals surface area contributed by atoms with E-state index < -0.39 is 0 Å². The lowest BCUT2D eigenvalue weighted by Gasteiger charge is -2.27. The smallest absolute Gasteiger partial charge is 0.130 e. The van der Waals surface area contributed by atoms with Gasteiger partial charge in [0.05, 0.1) is 0 Å². The van der Waals surface area contributed by atoms with Crippen molar-refractivity contribution < 1.29 is 0 Å². The van der Waals surface area contributed by atoms with Gasteiger partial charge in [-0.3, -0.25) is 4.90 Å². The zero-order valence-corrected chi connectivity index (χ0v) is 12.3. The second kappa shape index (κ2) is 6.74. The maximum atomic E-state index is 6.19. The molecule has 100 valence electrons. The topological polar surface area (TPSA) is 16.1 Å². The van der Waals surface area contributed by atoms with Gasteiger partial charge in [0.1, 0.15) is 5.15 Å². The number of halogens is 2. The van der Waals surface area contributed by atoms with Crippen molar-refractivity contribution in [3.05, 3.63) is 28.0 Å². The van der Waals surface area contributed by atoms with E-state index in [9.17, 15) is 0 Å². The zero-order chi connectivity index (χ0) is 13.0. The van der Waals surface area contributed by atoms with E-state index in [4.69, 9.17) is 23.2 Å². The zero-order valence-electron chi connectivity index (χ0n) is 10.8. The molecule has 0 saturated heterocycles. The Morgan fingerprint density at radius 2 is 1.89 bits per heavy atom. The van der Waals surface area contributed by atoms with Crippen LogP contribution < -0.4 is 0 Å². The monoisotopic (exact) mass is 286 g/mol. The first-order chi connectivity index (χ1) is 8.66. The first-order valence-corrected chi connectivity index (χ1v) is 7.42. The molecule has 1 aliphatic rings. The standard InChI is InChI=1S/C14H20Cl2N2/c1-18(12-6-4-2-3-5-7-12)10-11-9-17-14(16)8-13(11)15/h8-9,12H,2-7,10H2,1H3. The molecule has 0 aromatic carbocycles. The molecule has 0 aliphatic heterocycles. The summed E-state index contributed by atoms with van der Waals surface area (Å²) in [4.78, 5) is 6.52. The van der Waals surface area contributed by atoms with Crippen LogP contribution in [0.25, 0.3) is 0 Å². The Bertz CT molecular complexity index is 387. The number of pyridine rings is 1. The Balaban J connectivity index is 1.98. The number of nitrogens with zero attached hydrogens (tertiary/aromatic N) is 2. The lowest BCUT2D eigenvalue weighted by atomic mass is 10.1. The maximum absolute atomic E-state index is 6.19. The van der Waals surface area contributed by atoms with Gasteiger partial charge < -0.3 is 0 Å². The van der Waals surface area contributed by atoms with Gasteiger partial charge >= 0.3 is 0 Å². The van der Waals surface area contributed by atoms with Gasteiger partial charge in [-0.05, 0) is 26.0 Å². The molecule has 1 aromatic heterocycles. The highest BCUT2D eigenvalue weighted by Crippen LogP contribution is 2.25. The minimum absolute atomic E-state index is 0.459. The molecular weight excluding hydrogens is 267 g/mol. The van der Waals surface area contributed by atoms with E-state index in [1.54, 1.807) is 12.3 Å². The molecule has 0 radical (unpaired) electrons. The van der Waals surface area contributed by atoms with Crippen molar-refractivity contribution in [1.29, 1.82) is 0 Å². The van der Waals surface area contributed by atoms with Crippen LogP contribution in [-0.2, 0) is 6.54 Å². The van der Waals surface area contributed by atoms with Crippen LogP contribution in [0, 0.1) is 0 Å². The lowest BCUT2D eigenvalue weighted by molar-refractivity contribution is 0.213. The minimum Gasteiger partial charge on any atom is -0.299 e. The van der Waals surface area contributed by atoms with Crippen LogP contribution in [0.1, 0.15) is 44.1 Å². The third-order valence-electron chi connectivity index (χ3n) is 3.76. The Morgan fingerprint density at radius 3 is 2.50 bits per heavy atom. The summed E-state index contributed by atoms with van der Waals surface area (Å²) in [6.07, 6.45) is 9.85. The normalized spacial score (nSPS) is 18.0. The summed E-state index contributed by atoms with van der Waals surface area (Å²) < 4.78 is 0. The van der Waals surface area contributed by atoms with Crippen LogP contribution in [0.2, 0.25) is 10.2 Å². The third-order valence-corrected chi connectivity index (χ3v) is 4.32. The van der Waals surface area contributed by atoms with Gasteiger partial charge in [-0.25, -0.2) is 4.98 Å². The molecule has 2 nitrogen and oxygen atoms in total. The summed E-state index contributed by atoms with van der Waals surface area (Å²) in [5.41, 5.74) is 1.06. The summed E-state index contributed by atoms with van der Waals surface area (Å²) in [5.74, 6) is 0. The highest BCUT2D eigenvalue weighted by Gasteiger charge is 2.17. The van der Waals surface area contributed by atoms with Crippen LogP contribution in [0.15, 0.2) is 12.3 Å². The average Bonchev–Trinajstić information content (AvgIpc) is 2.61. The fourth-order valence-corrected chi connectivity index (χ4v) is 3.07. The van der Waals surface area contributed by atoms with E-state index in [0.29, 0.717) is 11.2 Å². The van der Waals surface area contributed by atoms with Crippen molar-refractivity contribution in [2.24, 2.45) is 0 Å². The summed E-state index contributed by atoms with van der Waals surface area (Å²) in [6, 6.07) is 2.40. The van der Waals surface area contributed by atoms with Crippen molar-refractivity contribution in [3.8, 4) is 0 Å². The molecule has 1 aliphatic carbocycles. The van der Waals surface area contributed by atoms with Gasteiger partial charge in [0.2, 0.25) is 0 Å². The summed E-state index contributed by atoms with van der Waals surface area (Å²) in [5, 5.41) is 1.18. The molecule has 0 unspecified atom stereocenters. The maximum Gasteiger partial charge on any atom is 0.130 e. The van der Waals surface area contributed by atoms with Crippen LogP contribution in [-0.4, -0.2) is 23.0 Å². The summed E-state index contributed by atoms with van der Waals surface area (Å²) >= 11 is 12.0. The van der Waals surface area contributed by atoms with Gasteiger partial charge in [-0.1, -0.05) is 48.9 Å². The van der Waals surface area contributed by atoms with Crippen molar-refractivity contribution in [2.75, 3.05) is 7.05 Å². The molecule has 2 rings (SSSR count). The second-order valence-corrected chi connectivity index (χ2v) is 5.95. The molecule has 18 heavy (non-hydrogen) atoms. The molecule has 1 aromatic rings. The number of rotatable bonds is 3. The fraction of sp³-hybridized carbons (Fsp3) is 0.643. The summed E-state index contributed by atoms with van der Waals surface area (Å²) in [7, 11) is 2.18. The highest BCUT2D eigenvalue weighted by molar-refractivity contribution is 6.34. The van der Waals surface area contributed by atoms with Gasteiger partial charge in [0.15, 0.2) is 0 Å². The largest absolute Gasteiger partial charge is 0.299 e. The molecule has 1 heterocycles. The van der Waals surface area contributed by atoms with E-state index in [-0.39, 0.29) is 0 Å². The highest BCUT2D eigenvalue weighted by atomic mass is 35.5. The molecule has 0 bridgehead atoms. The first kappa shape index (κ1) is 14.1. The third kappa shape index (κ3) is 3.84. The van der Waals surface area contributed by atoms with Crippen molar-refractivity contribution in [1.82, 2.24) is 9.88 Å². The van der Waals surface area contributed by atoms with Crippen LogP contribution in [0.4, 0.5) is 0 Å². The average molecular weight is 287 g/mol. The van der Waals surface area contributed by atoms with E-state index in [1.807, 2.05) is 0 Å². The van der Waals surface area contributed by atoms with E-state index in [1.165, 1.54) is 38.5 Å². The van der Waals surface area contributed by atoms with E-state index in [2.05, 4.69) is 16.9 Å². The van der Waals surface area contributed by atoms with Crippen LogP contribution in [0.3, 0.4) is 0 Å². The molecule has 1 fully saturated rings. The van der Waals surface area contributed by atoms with Gasteiger partial charge in [-0.15, -0.1) is 0 Å². The molecule has 0 amide bonds. The lowest BCUT2D eigenvalue weighted by Crippen LogP contribution is -2.30. The van der Waals surface area contributed by atoms with Gasteiger partial charge in [-0.2, -0.15) is 0 Å². The molecule has 0 N–H and O–H groups in total.